The highest BCUT2D eigenvalue weighted by Crippen LogP contribution is 1.96. The van der Waals surface area contributed by atoms with Crippen molar-refractivity contribution >= 4 is 0 Å². The lowest BCUT2D eigenvalue weighted by Gasteiger charge is -2.05. The summed E-state index contributed by atoms with van der Waals surface area (Å²) in [6.45, 7) is 7.04. The van der Waals surface area contributed by atoms with Gasteiger partial charge in [0.25, 0.3) is 0 Å². The summed E-state index contributed by atoms with van der Waals surface area (Å²) in [4.78, 5) is 4.29. The zero-order chi connectivity index (χ0) is 10.2. The van der Waals surface area contributed by atoms with Crippen LogP contribution in [0.3, 0.4) is 0 Å². The maximum atomic E-state index is 4.29. The van der Waals surface area contributed by atoms with Crippen molar-refractivity contribution in [1.29, 1.82) is 0 Å². The Morgan fingerprint density at radius 1 is 1.57 bits per heavy atom. The third kappa shape index (κ3) is 3.34. The molecule has 0 aliphatic carbocycles. The van der Waals surface area contributed by atoms with Gasteiger partial charge >= 0.3 is 0 Å². The quantitative estimate of drug-likeness (QED) is 0.553. The summed E-state index contributed by atoms with van der Waals surface area (Å²) in [5.74, 6) is 1.12. The Bertz CT molecular complexity index is 276. The van der Waals surface area contributed by atoms with E-state index >= 15 is 0 Å². The van der Waals surface area contributed by atoms with Crippen molar-refractivity contribution in [1.82, 2.24) is 14.9 Å². The van der Waals surface area contributed by atoms with Crippen LogP contribution in [0.15, 0.2) is 24.5 Å². The second-order valence-electron chi connectivity index (χ2n) is 3.16. The van der Waals surface area contributed by atoms with E-state index in [0.29, 0.717) is 0 Å². The molecule has 1 N–H and O–H groups in total. The fraction of sp³-hybridized carbons (Fsp3) is 0.545. The molecule has 78 valence electrons. The fourth-order valence-electron chi connectivity index (χ4n) is 1.35. The smallest absolute Gasteiger partial charge is 0.122 e. The standard InChI is InChI=1S/C11H19N3/c1-3-5-6-7-12-10-11-13-8-9-14(11)4-2/h3,5,8-9,12H,4,6-7,10H2,1-2H3/b5-3+. The zero-order valence-electron chi connectivity index (χ0n) is 9.03. The molecule has 0 unspecified atom stereocenters. The maximum Gasteiger partial charge on any atom is 0.122 e. The van der Waals surface area contributed by atoms with E-state index in [9.17, 15) is 0 Å². The molecule has 3 heteroatoms. The van der Waals surface area contributed by atoms with E-state index < -0.39 is 0 Å². The summed E-state index contributed by atoms with van der Waals surface area (Å²) in [6.07, 6.45) is 9.20. The number of allylic oxidation sites excluding steroid dienone is 1. The Morgan fingerprint density at radius 2 is 2.43 bits per heavy atom. The van der Waals surface area contributed by atoms with Gasteiger partial charge in [-0.3, -0.25) is 0 Å². The Morgan fingerprint density at radius 3 is 3.14 bits per heavy atom. The van der Waals surface area contributed by atoms with E-state index in [0.717, 1.165) is 31.9 Å². The van der Waals surface area contributed by atoms with Crippen LogP contribution in [-0.4, -0.2) is 16.1 Å². The Labute approximate surface area is 85.8 Å². The topological polar surface area (TPSA) is 29.9 Å². The van der Waals surface area contributed by atoms with Crippen molar-refractivity contribution in [2.75, 3.05) is 6.54 Å². The molecule has 0 saturated heterocycles. The number of nitrogens with one attached hydrogen (secondary N) is 1. The largest absolute Gasteiger partial charge is 0.334 e. The molecule has 0 aromatic carbocycles. The molecule has 3 nitrogen and oxygen atoms in total. The highest BCUT2D eigenvalue weighted by atomic mass is 15.1. The van der Waals surface area contributed by atoms with Crippen molar-refractivity contribution in [3.05, 3.63) is 30.4 Å². The van der Waals surface area contributed by atoms with E-state index in [-0.39, 0.29) is 0 Å². The third-order valence-corrected chi connectivity index (χ3v) is 2.15. The molecule has 14 heavy (non-hydrogen) atoms. The molecule has 0 radical (unpaired) electrons. The van der Waals surface area contributed by atoms with Gasteiger partial charge in [-0.25, -0.2) is 4.98 Å². The minimum Gasteiger partial charge on any atom is -0.334 e. The normalized spacial score (nSPS) is 11.3. The van der Waals surface area contributed by atoms with Gasteiger partial charge in [-0.15, -0.1) is 0 Å². The van der Waals surface area contributed by atoms with Crippen molar-refractivity contribution in [2.45, 2.75) is 33.4 Å². The summed E-state index contributed by atoms with van der Waals surface area (Å²) < 4.78 is 2.16. The average Bonchev–Trinajstić information content (AvgIpc) is 2.65. The minimum atomic E-state index is 0.860. The number of hydrogen-bond donors (Lipinski definition) is 1. The predicted octanol–water partition coefficient (Wildman–Crippen LogP) is 1.96. The molecule has 0 fully saturated rings. The van der Waals surface area contributed by atoms with Crippen LogP contribution in [0.1, 0.15) is 26.1 Å². The molecule has 0 bridgehead atoms. The number of rotatable bonds is 6. The van der Waals surface area contributed by atoms with E-state index in [4.69, 9.17) is 0 Å². The van der Waals surface area contributed by atoms with Crippen LogP contribution < -0.4 is 5.32 Å². The highest BCUT2D eigenvalue weighted by molar-refractivity contribution is 4.91. The second kappa shape index (κ2) is 6.38. The van der Waals surface area contributed by atoms with Crippen LogP contribution in [0.25, 0.3) is 0 Å². The lowest BCUT2D eigenvalue weighted by molar-refractivity contribution is 0.616. The molecule has 1 rings (SSSR count). The number of aryl methyl sites for hydroxylation is 1. The molecule has 0 aliphatic heterocycles. The van der Waals surface area contributed by atoms with Crippen LogP contribution >= 0.6 is 0 Å². The van der Waals surface area contributed by atoms with E-state index in [1.54, 1.807) is 0 Å². The van der Waals surface area contributed by atoms with E-state index in [1.807, 2.05) is 19.3 Å². The Hall–Kier alpha value is -1.09. The van der Waals surface area contributed by atoms with Gasteiger partial charge in [0.1, 0.15) is 5.82 Å². The van der Waals surface area contributed by atoms with Crippen molar-refractivity contribution < 1.29 is 0 Å². The summed E-state index contributed by atoms with van der Waals surface area (Å²) >= 11 is 0. The Kier molecular flexibility index (Phi) is 5.00. The van der Waals surface area contributed by atoms with Crippen molar-refractivity contribution in [3.8, 4) is 0 Å². The summed E-state index contributed by atoms with van der Waals surface area (Å²) in [5.41, 5.74) is 0. The predicted molar refractivity (Wildman–Crippen MR) is 59.0 cm³/mol. The maximum absolute atomic E-state index is 4.29. The van der Waals surface area contributed by atoms with Gasteiger partial charge in [0.05, 0.1) is 6.54 Å². The van der Waals surface area contributed by atoms with Crippen LogP contribution in [0, 0.1) is 0 Å². The molecule has 0 saturated carbocycles. The number of nitrogens with zero attached hydrogens (tertiary/aromatic N) is 2. The average molecular weight is 193 g/mol. The summed E-state index contributed by atoms with van der Waals surface area (Å²) in [6, 6.07) is 0. The molecule has 0 spiro atoms. The van der Waals surface area contributed by atoms with Gasteiger partial charge in [0.15, 0.2) is 0 Å². The van der Waals surface area contributed by atoms with E-state index in [2.05, 4.69) is 33.9 Å². The molecule has 0 amide bonds. The first-order valence-corrected chi connectivity index (χ1v) is 5.20. The highest BCUT2D eigenvalue weighted by Gasteiger charge is 1.98. The molecule has 0 aliphatic rings. The second-order valence-corrected chi connectivity index (χ2v) is 3.16. The molecular formula is C11H19N3. The van der Waals surface area contributed by atoms with Crippen LogP contribution in [0.5, 0.6) is 0 Å². The van der Waals surface area contributed by atoms with Gasteiger partial charge in [-0.2, -0.15) is 0 Å². The molecular weight excluding hydrogens is 174 g/mol. The molecule has 1 aromatic rings. The van der Waals surface area contributed by atoms with Gasteiger partial charge in [-0.1, -0.05) is 12.2 Å². The molecule has 1 heterocycles. The number of hydrogen-bond acceptors (Lipinski definition) is 2. The summed E-state index contributed by atoms with van der Waals surface area (Å²) in [5, 5.41) is 3.36. The SMILES string of the molecule is C/C=C/CCNCc1nccn1CC. The van der Waals surface area contributed by atoms with Crippen molar-refractivity contribution in [3.63, 3.8) is 0 Å². The monoisotopic (exact) mass is 193 g/mol. The van der Waals surface area contributed by atoms with Crippen LogP contribution in [-0.2, 0) is 13.1 Å². The lowest BCUT2D eigenvalue weighted by Crippen LogP contribution is -2.17. The van der Waals surface area contributed by atoms with Gasteiger partial charge in [-0.05, 0) is 26.8 Å². The van der Waals surface area contributed by atoms with Crippen molar-refractivity contribution in [2.24, 2.45) is 0 Å². The van der Waals surface area contributed by atoms with Gasteiger partial charge < -0.3 is 9.88 Å². The first-order valence-electron chi connectivity index (χ1n) is 5.20. The van der Waals surface area contributed by atoms with Crippen LogP contribution in [0.2, 0.25) is 0 Å². The molecule has 0 atom stereocenters. The number of imidazole rings is 1. The summed E-state index contributed by atoms with van der Waals surface area (Å²) in [7, 11) is 0. The van der Waals surface area contributed by atoms with E-state index in [1.165, 1.54) is 0 Å². The first-order chi connectivity index (χ1) is 6.88. The fourth-order valence-corrected chi connectivity index (χ4v) is 1.35. The first kappa shape index (κ1) is 11.0. The van der Waals surface area contributed by atoms with Crippen LogP contribution in [0.4, 0.5) is 0 Å². The molecule has 1 aromatic heterocycles. The van der Waals surface area contributed by atoms with Gasteiger partial charge in [0, 0.05) is 18.9 Å². The third-order valence-electron chi connectivity index (χ3n) is 2.15. The van der Waals surface area contributed by atoms with Gasteiger partial charge in [0.2, 0.25) is 0 Å². The number of aromatic nitrogens is 2. The minimum absolute atomic E-state index is 0.860. The Balaban J connectivity index is 2.24. The lowest BCUT2D eigenvalue weighted by atomic mass is 10.4. The zero-order valence-corrected chi connectivity index (χ0v) is 9.03.